The van der Waals surface area contributed by atoms with Crippen molar-refractivity contribution in [3.05, 3.63) is 35.4 Å². The summed E-state index contributed by atoms with van der Waals surface area (Å²) in [7, 11) is 0. The monoisotopic (exact) mass is 635 g/mol. The van der Waals surface area contributed by atoms with Crippen LogP contribution in [0.3, 0.4) is 0 Å². The topological polar surface area (TPSA) is 92.4 Å². The molecule has 4 saturated heterocycles. The minimum absolute atomic E-state index is 0.0440. The number of nitrogens with two attached hydrogens (primary N) is 1. The molecule has 15 heteroatoms. The molecule has 2 bridgehead atoms. The second kappa shape index (κ2) is 9.78. The fraction of sp³-hybridized carbons (Fsp3) is 0.483. The van der Waals surface area contributed by atoms with Gasteiger partial charge in [0.2, 0.25) is 0 Å². The fourth-order valence-corrected chi connectivity index (χ4v) is 8.37. The van der Waals surface area contributed by atoms with E-state index in [4.69, 9.17) is 10.5 Å². The summed E-state index contributed by atoms with van der Waals surface area (Å²) < 4.78 is 95.8. The molecule has 4 atom stereocenters. The summed E-state index contributed by atoms with van der Waals surface area (Å²) in [6, 6.07) is 2.62. The van der Waals surface area contributed by atoms with E-state index in [1.807, 2.05) is 4.90 Å². The van der Waals surface area contributed by atoms with E-state index in [0.717, 1.165) is 55.3 Å². The first kappa shape index (κ1) is 28.1. The normalized spacial score (nSPS) is 26.9. The number of thiazole rings is 1. The molecule has 4 fully saturated rings. The Kier molecular flexibility index (Phi) is 6.24. The van der Waals surface area contributed by atoms with Gasteiger partial charge in [-0.15, -0.1) is 0 Å². The second-order valence-electron chi connectivity index (χ2n) is 12.1. The van der Waals surface area contributed by atoms with Gasteiger partial charge in [-0.25, -0.2) is 18.2 Å². The highest BCUT2D eigenvalue weighted by Gasteiger charge is 2.50. The number of halogens is 6. The van der Waals surface area contributed by atoms with Gasteiger partial charge in [-0.2, -0.15) is 23.1 Å². The standard InChI is InChI=1S/C29H27F6N7OS/c30-13-8-28(4-1-5-41(28)11-13)12-43-27-39-22-17(25(40-27)42-14-6-15(42)10-37-9-14)7-18(29(33,34)35)20(21(22)32)16-2-3-19(31)24-23(16)38-26(36)44-24/h2-3,7,13-15,37H,1,4-6,8-12H2,(H2,36,38)/t13-,14?,15?,28?/m1/s1. The molecule has 4 aliphatic rings. The third-order valence-corrected chi connectivity index (χ3v) is 10.4. The summed E-state index contributed by atoms with van der Waals surface area (Å²) in [5.41, 5.74) is 2.39. The van der Waals surface area contributed by atoms with Gasteiger partial charge in [0.25, 0.3) is 0 Å². The Morgan fingerprint density at radius 1 is 1.11 bits per heavy atom. The Morgan fingerprint density at radius 3 is 2.66 bits per heavy atom. The van der Waals surface area contributed by atoms with Crippen LogP contribution >= 0.6 is 11.3 Å². The van der Waals surface area contributed by atoms with Crippen LogP contribution in [0.15, 0.2) is 18.2 Å². The van der Waals surface area contributed by atoms with E-state index < -0.39 is 40.6 Å². The summed E-state index contributed by atoms with van der Waals surface area (Å²) in [6.45, 7) is 2.31. The first-order chi connectivity index (χ1) is 21.0. The number of piperazine rings is 1. The SMILES string of the molecule is Nc1nc2c(-c3c(C(F)(F)F)cc4c(N5C6CNCC5C6)nc(OCC56CCCN5C[C@H](F)C6)nc4c3F)ccc(F)c2s1. The van der Waals surface area contributed by atoms with Crippen LogP contribution in [0, 0.1) is 11.6 Å². The molecule has 0 spiro atoms. The highest BCUT2D eigenvalue weighted by molar-refractivity contribution is 7.22. The molecule has 2 aromatic carbocycles. The Morgan fingerprint density at radius 2 is 1.91 bits per heavy atom. The zero-order valence-electron chi connectivity index (χ0n) is 23.2. The van der Waals surface area contributed by atoms with Crippen LogP contribution in [0.1, 0.15) is 31.2 Å². The van der Waals surface area contributed by atoms with E-state index in [0.29, 0.717) is 26.1 Å². The van der Waals surface area contributed by atoms with E-state index in [1.165, 1.54) is 0 Å². The first-order valence-electron chi connectivity index (χ1n) is 14.5. The van der Waals surface area contributed by atoms with Crippen LogP contribution in [0.4, 0.5) is 37.3 Å². The van der Waals surface area contributed by atoms with Gasteiger partial charge >= 0.3 is 12.2 Å². The number of nitrogen functional groups attached to an aromatic ring is 1. The zero-order valence-corrected chi connectivity index (χ0v) is 24.0. The predicted octanol–water partition coefficient (Wildman–Crippen LogP) is 5.29. The summed E-state index contributed by atoms with van der Waals surface area (Å²) in [5, 5.41) is 3.11. The number of hydrogen-bond donors (Lipinski definition) is 2. The van der Waals surface area contributed by atoms with Crippen molar-refractivity contribution in [1.29, 1.82) is 0 Å². The molecular weight excluding hydrogens is 608 g/mol. The van der Waals surface area contributed by atoms with Gasteiger partial charge in [0.05, 0.1) is 21.3 Å². The number of piperidine rings is 1. The van der Waals surface area contributed by atoms with E-state index >= 15 is 4.39 Å². The van der Waals surface area contributed by atoms with Crippen LogP contribution in [0.2, 0.25) is 0 Å². The van der Waals surface area contributed by atoms with E-state index in [-0.39, 0.29) is 62.3 Å². The number of benzene rings is 2. The van der Waals surface area contributed by atoms with Crippen molar-refractivity contribution in [1.82, 2.24) is 25.2 Å². The van der Waals surface area contributed by atoms with Gasteiger partial charge in [-0.1, -0.05) is 11.3 Å². The van der Waals surface area contributed by atoms with Gasteiger partial charge in [0.15, 0.2) is 10.9 Å². The maximum Gasteiger partial charge on any atom is 0.417 e. The molecule has 8 nitrogen and oxygen atoms in total. The molecule has 0 amide bonds. The average Bonchev–Trinajstić information content (AvgIpc) is 3.64. The van der Waals surface area contributed by atoms with Gasteiger partial charge < -0.3 is 20.7 Å². The van der Waals surface area contributed by atoms with Gasteiger partial charge in [-0.05, 0) is 44.0 Å². The Bertz CT molecular complexity index is 1800. The molecule has 0 saturated carbocycles. The molecule has 0 radical (unpaired) electrons. The van der Waals surface area contributed by atoms with Crippen molar-refractivity contribution in [2.45, 2.75) is 55.7 Å². The molecule has 44 heavy (non-hydrogen) atoms. The number of nitrogens with zero attached hydrogens (tertiary/aromatic N) is 5. The first-order valence-corrected chi connectivity index (χ1v) is 15.3. The number of alkyl halides is 4. The van der Waals surface area contributed by atoms with E-state index in [2.05, 4.69) is 25.2 Å². The molecule has 6 heterocycles. The lowest BCUT2D eigenvalue weighted by Gasteiger charge is -2.54. The maximum atomic E-state index is 16.7. The van der Waals surface area contributed by atoms with Crippen molar-refractivity contribution < 1.29 is 31.1 Å². The van der Waals surface area contributed by atoms with E-state index in [9.17, 15) is 22.0 Å². The maximum absolute atomic E-state index is 16.7. The van der Waals surface area contributed by atoms with Crippen LogP contribution in [0.5, 0.6) is 6.01 Å². The molecule has 4 aliphatic heterocycles. The van der Waals surface area contributed by atoms with Crippen LogP contribution in [-0.4, -0.2) is 76.4 Å². The highest BCUT2D eigenvalue weighted by atomic mass is 32.1. The number of anilines is 2. The highest BCUT2D eigenvalue weighted by Crippen LogP contribution is 2.48. The zero-order chi connectivity index (χ0) is 30.5. The van der Waals surface area contributed by atoms with Crippen LogP contribution < -0.4 is 20.7 Å². The van der Waals surface area contributed by atoms with Gasteiger partial charge in [0, 0.05) is 54.7 Å². The smallest absolute Gasteiger partial charge is 0.417 e. The minimum atomic E-state index is -4.98. The molecule has 4 aromatic rings. The summed E-state index contributed by atoms with van der Waals surface area (Å²) in [4.78, 5) is 16.9. The minimum Gasteiger partial charge on any atom is -0.461 e. The van der Waals surface area contributed by atoms with Crippen molar-refractivity contribution in [3.8, 4) is 17.1 Å². The summed E-state index contributed by atoms with van der Waals surface area (Å²) in [6.07, 6.45) is -3.26. The number of rotatable bonds is 5. The molecule has 8 rings (SSSR count). The number of ether oxygens (including phenoxy) is 1. The van der Waals surface area contributed by atoms with E-state index in [1.54, 1.807) is 0 Å². The third-order valence-electron chi connectivity index (χ3n) is 9.54. The molecular formula is C29H27F6N7OS. The summed E-state index contributed by atoms with van der Waals surface area (Å²) >= 11 is 0.764. The number of fused-ring (bicyclic) bond motifs is 5. The number of hydrogen-bond acceptors (Lipinski definition) is 9. The molecule has 232 valence electrons. The lowest BCUT2D eigenvalue weighted by molar-refractivity contribution is -0.137. The lowest BCUT2D eigenvalue weighted by atomic mass is 9.88. The molecule has 3 unspecified atom stereocenters. The van der Waals surface area contributed by atoms with Crippen molar-refractivity contribution in [2.75, 3.05) is 43.4 Å². The molecule has 3 N–H and O–H groups in total. The van der Waals surface area contributed by atoms with Gasteiger partial charge in [0.1, 0.15) is 29.9 Å². The Labute approximate surface area is 251 Å². The second-order valence-corrected chi connectivity index (χ2v) is 13.2. The third kappa shape index (κ3) is 4.22. The number of nitrogens with one attached hydrogen (secondary N) is 1. The predicted molar refractivity (Wildman–Crippen MR) is 154 cm³/mol. The van der Waals surface area contributed by atoms with Gasteiger partial charge in [-0.3, -0.25) is 4.90 Å². The number of aromatic nitrogens is 3. The quantitative estimate of drug-likeness (QED) is 0.286. The van der Waals surface area contributed by atoms with Crippen molar-refractivity contribution >= 4 is 43.4 Å². The largest absolute Gasteiger partial charge is 0.461 e. The fourth-order valence-electron chi connectivity index (χ4n) is 7.61. The Hall–Kier alpha value is -3.43. The lowest BCUT2D eigenvalue weighted by Crippen LogP contribution is -2.68. The average molecular weight is 636 g/mol. The molecule has 2 aromatic heterocycles. The van der Waals surface area contributed by atoms with Crippen molar-refractivity contribution in [2.24, 2.45) is 0 Å². The van der Waals surface area contributed by atoms with Crippen LogP contribution in [0.25, 0.3) is 32.2 Å². The molecule has 0 aliphatic carbocycles. The summed E-state index contributed by atoms with van der Waals surface area (Å²) in [5.74, 6) is -1.83. The van der Waals surface area contributed by atoms with Crippen molar-refractivity contribution in [3.63, 3.8) is 0 Å². The Balaban J connectivity index is 1.33. The van der Waals surface area contributed by atoms with Crippen LogP contribution in [-0.2, 0) is 6.18 Å².